The lowest BCUT2D eigenvalue weighted by atomic mass is 10.0. The number of likely N-dealkylation sites (tertiary alicyclic amines) is 2. The summed E-state index contributed by atoms with van der Waals surface area (Å²) < 4.78 is 0. The smallest absolute Gasteiger partial charge is 0.223 e. The average Bonchev–Trinajstić information content (AvgIpc) is 3.82. The van der Waals surface area contributed by atoms with Crippen molar-refractivity contribution < 1.29 is 9.59 Å². The maximum Gasteiger partial charge on any atom is 0.223 e. The van der Waals surface area contributed by atoms with Gasteiger partial charge < -0.3 is 19.8 Å². The highest BCUT2D eigenvalue weighted by molar-refractivity contribution is 5.78. The molecule has 0 bridgehead atoms. The molecule has 0 aliphatic carbocycles. The van der Waals surface area contributed by atoms with Crippen molar-refractivity contribution in [1.82, 2.24) is 29.7 Å². The molecule has 2 saturated heterocycles. The molecular weight excluding hydrogens is 572 g/mol. The molecule has 4 atom stereocenters. The zero-order valence-electron chi connectivity index (χ0n) is 28.1. The summed E-state index contributed by atoms with van der Waals surface area (Å²) in [7, 11) is 0. The van der Waals surface area contributed by atoms with Gasteiger partial charge in [-0.1, -0.05) is 90.1 Å². The monoisotopic (exact) mass is 620 g/mol. The SMILES string of the molecule is CC(C)CC(=O)N1C[C@@H](C)C[C@H]1c1ncc(-c2ccc(-c3ccc(-c4cnc([C@@H]5C[C@H](C)CN5C(=O)CC(C)C)[nH]4)cc3)cc2)[nH]1. The number of nitrogens with zero attached hydrogens (tertiary/aromatic N) is 4. The summed E-state index contributed by atoms with van der Waals surface area (Å²) in [4.78, 5) is 46.4. The number of imidazole rings is 2. The number of rotatable bonds is 9. The summed E-state index contributed by atoms with van der Waals surface area (Å²) in [6.07, 6.45) is 6.78. The molecule has 4 aromatic rings. The van der Waals surface area contributed by atoms with Gasteiger partial charge >= 0.3 is 0 Å². The molecule has 8 heteroatoms. The fraction of sp³-hybridized carbons (Fsp3) is 0.474. The number of benzene rings is 2. The molecule has 6 rings (SSSR count). The molecule has 4 heterocycles. The predicted octanol–water partition coefficient (Wildman–Crippen LogP) is 8.05. The van der Waals surface area contributed by atoms with Crippen molar-refractivity contribution in [1.29, 1.82) is 0 Å². The second-order valence-corrected chi connectivity index (χ2v) is 14.5. The van der Waals surface area contributed by atoms with Crippen LogP contribution in [0.2, 0.25) is 0 Å². The third-order valence-corrected chi connectivity index (χ3v) is 9.37. The standard InChI is InChI=1S/C38H48N6O2/c1-23(2)15-35(45)43-21-25(5)17-33(43)37-39-19-31(41-37)29-11-7-27(8-12-29)28-9-13-30(14-10-28)32-20-40-38(42-32)34-18-26(6)22-44(34)36(46)16-24(3)4/h7-14,19-20,23-26,33-34H,15-18,21-22H2,1-6H3,(H,39,41)(H,40,42)/t25-,26-,33-,34-/m0/s1. The summed E-state index contributed by atoms with van der Waals surface area (Å²) in [6.45, 7) is 14.4. The lowest BCUT2D eigenvalue weighted by Gasteiger charge is -2.24. The van der Waals surface area contributed by atoms with Crippen molar-refractivity contribution in [3.8, 4) is 33.6 Å². The number of H-pyrrole nitrogens is 2. The maximum atomic E-state index is 12.9. The highest BCUT2D eigenvalue weighted by atomic mass is 16.2. The first-order valence-corrected chi connectivity index (χ1v) is 17.0. The maximum absolute atomic E-state index is 12.9. The highest BCUT2D eigenvalue weighted by Gasteiger charge is 2.37. The van der Waals surface area contributed by atoms with Crippen LogP contribution in [0.5, 0.6) is 0 Å². The fourth-order valence-electron chi connectivity index (χ4n) is 7.08. The Bertz CT molecular complexity index is 1530. The summed E-state index contributed by atoms with van der Waals surface area (Å²) in [6, 6.07) is 17.0. The van der Waals surface area contributed by atoms with Crippen molar-refractivity contribution in [3.63, 3.8) is 0 Å². The fourth-order valence-corrected chi connectivity index (χ4v) is 7.08. The number of aromatic amines is 2. The summed E-state index contributed by atoms with van der Waals surface area (Å²) in [5, 5.41) is 0. The Hall–Kier alpha value is -4.20. The molecule has 2 aromatic carbocycles. The third-order valence-electron chi connectivity index (χ3n) is 9.37. The van der Waals surface area contributed by atoms with Gasteiger partial charge in [0.1, 0.15) is 11.6 Å². The van der Waals surface area contributed by atoms with Crippen LogP contribution in [0.3, 0.4) is 0 Å². The minimum absolute atomic E-state index is 0.00627. The first-order valence-electron chi connectivity index (χ1n) is 17.0. The van der Waals surface area contributed by atoms with Crippen LogP contribution in [0.15, 0.2) is 60.9 Å². The average molecular weight is 621 g/mol. The predicted molar refractivity (Wildman–Crippen MR) is 182 cm³/mol. The van der Waals surface area contributed by atoms with Gasteiger partial charge in [-0.05, 0) is 58.8 Å². The van der Waals surface area contributed by atoms with E-state index in [1.807, 2.05) is 22.2 Å². The van der Waals surface area contributed by atoms with E-state index in [0.717, 1.165) is 71.2 Å². The van der Waals surface area contributed by atoms with E-state index in [1.165, 1.54) is 0 Å². The van der Waals surface area contributed by atoms with E-state index in [2.05, 4.69) is 100 Å². The molecule has 2 amide bonds. The minimum Gasteiger partial charge on any atom is -0.340 e. The van der Waals surface area contributed by atoms with Gasteiger partial charge in [-0.15, -0.1) is 0 Å². The van der Waals surface area contributed by atoms with Crippen LogP contribution in [0, 0.1) is 23.7 Å². The van der Waals surface area contributed by atoms with Crippen molar-refractivity contribution in [2.24, 2.45) is 23.7 Å². The van der Waals surface area contributed by atoms with Gasteiger partial charge in [0.25, 0.3) is 0 Å². The van der Waals surface area contributed by atoms with Crippen molar-refractivity contribution in [3.05, 3.63) is 72.6 Å². The van der Waals surface area contributed by atoms with Gasteiger partial charge in [-0.2, -0.15) is 0 Å². The van der Waals surface area contributed by atoms with Crippen LogP contribution in [0.4, 0.5) is 0 Å². The molecular formula is C38H48N6O2. The normalized spacial score (nSPS) is 21.6. The quantitative estimate of drug-likeness (QED) is 0.198. The number of aromatic nitrogens is 4. The van der Waals surface area contributed by atoms with E-state index in [0.29, 0.717) is 36.5 Å². The Morgan fingerprint density at radius 2 is 1.00 bits per heavy atom. The molecule has 0 radical (unpaired) electrons. The summed E-state index contributed by atoms with van der Waals surface area (Å²) in [5.41, 5.74) is 6.33. The molecule has 2 aromatic heterocycles. The van der Waals surface area contributed by atoms with Crippen LogP contribution >= 0.6 is 0 Å². The molecule has 2 aliphatic rings. The van der Waals surface area contributed by atoms with Crippen molar-refractivity contribution in [2.45, 2.75) is 79.3 Å². The van der Waals surface area contributed by atoms with E-state index >= 15 is 0 Å². The first kappa shape index (κ1) is 31.8. The Balaban J connectivity index is 1.13. The lowest BCUT2D eigenvalue weighted by Crippen LogP contribution is -2.32. The van der Waals surface area contributed by atoms with Crippen molar-refractivity contribution in [2.75, 3.05) is 13.1 Å². The summed E-state index contributed by atoms with van der Waals surface area (Å²) in [5.74, 6) is 3.78. The number of nitrogens with one attached hydrogen (secondary N) is 2. The van der Waals surface area contributed by atoms with E-state index in [4.69, 9.17) is 9.97 Å². The second kappa shape index (κ2) is 13.3. The van der Waals surface area contributed by atoms with Crippen LogP contribution in [0.25, 0.3) is 33.6 Å². The number of hydrogen-bond donors (Lipinski definition) is 2. The second-order valence-electron chi connectivity index (χ2n) is 14.5. The van der Waals surface area contributed by atoms with Crippen LogP contribution in [-0.4, -0.2) is 54.6 Å². The molecule has 2 aliphatic heterocycles. The van der Waals surface area contributed by atoms with E-state index < -0.39 is 0 Å². The third kappa shape index (κ3) is 6.81. The van der Waals surface area contributed by atoms with E-state index in [9.17, 15) is 9.59 Å². The molecule has 2 fully saturated rings. The molecule has 0 spiro atoms. The van der Waals surface area contributed by atoms with Gasteiger partial charge in [-0.3, -0.25) is 9.59 Å². The topological polar surface area (TPSA) is 98.0 Å². The lowest BCUT2D eigenvalue weighted by molar-refractivity contribution is -0.134. The highest BCUT2D eigenvalue weighted by Crippen LogP contribution is 2.37. The molecule has 2 N–H and O–H groups in total. The van der Waals surface area contributed by atoms with Crippen LogP contribution < -0.4 is 0 Å². The zero-order valence-corrected chi connectivity index (χ0v) is 28.1. The van der Waals surface area contributed by atoms with Gasteiger partial charge in [0, 0.05) is 25.9 Å². The zero-order chi connectivity index (χ0) is 32.5. The Labute approximate surface area is 273 Å². The molecule has 0 unspecified atom stereocenters. The molecule has 46 heavy (non-hydrogen) atoms. The molecule has 0 saturated carbocycles. The van der Waals surface area contributed by atoms with Crippen molar-refractivity contribution >= 4 is 11.8 Å². The molecule has 242 valence electrons. The number of carbonyl (C=O) groups is 2. The van der Waals surface area contributed by atoms with E-state index in [-0.39, 0.29) is 23.9 Å². The van der Waals surface area contributed by atoms with Gasteiger partial charge in [0.2, 0.25) is 11.8 Å². The minimum atomic E-state index is 0.00627. The summed E-state index contributed by atoms with van der Waals surface area (Å²) >= 11 is 0. The number of amides is 2. The van der Waals surface area contributed by atoms with Gasteiger partial charge in [0.15, 0.2) is 0 Å². The van der Waals surface area contributed by atoms with Crippen LogP contribution in [0.1, 0.15) is 91.0 Å². The first-order chi connectivity index (χ1) is 22.0. The Kier molecular flexibility index (Phi) is 9.16. The van der Waals surface area contributed by atoms with Gasteiger partial charge in [0.05, 0.1) is 35.9 Å². The number of carbonyl (C=O) groups excluding carboxylic acids is 2. The van der Waals surface area contributed by atoms with E-state index in [1.54, 1.807) is 0 Å². The molecule has 8 nitrogen and oxygen atoms in total. The largest absolute Gasteiger partial charge is 0.340 e. The Morgan fingerprint density at radius 3 is 1.35 bits per heavy atom. The Morgan fingerprint density at radius 1 is 0.652 bits per heavy atom. The van der Waals surface area contributed by atoms with Crippen LogP contribution in [-0.2, 0) is 9.59 Å². The number of hydrogen-bond acceptors (Lipinski definition) is 4. The van der Waals surface area contributed by atoms with Gasteiger partial charge in [-0.25, -0.2) is 9.97 Å².